The Hall–Kier alpha value is -1.62. The largest absolute Gasteiger partial charge is 0.487 e. The van der Waals surface area contributed by atoms with Crippen molar-refractivity contribution >= 4 is 5.69 Å². The molecule has 0 aromatic heterocycles. The van der Waals surface area contributed by atoms with Gasteiger partial charge in [-0.3, -0.25) is 10.1 Å². The maximum atomic E-state index is 10.9. The lowest BCUT2D eigenvalue weighted by Gasteiger charge is -2.09. The summed E-state index contributed by atoms with van der Waals surface area (Å²) < 4.78 is 5.40. The van der Waals surface area contributed by atoms with Gasteiger partial charge in [-0.1, -0.05) is 6.07 Å². The lowest BCUT2D eigenvalue weighted by molar-refractivity contribution is -0.386. The molecule has 0 saturated carbocycles. The molecule has 0 bridgehead atoms. The molecule has 0 radical (unpaired) electrons. The zero-order valence-corrected chi connectivity index (χ0v) is 9.53. The number of nitro benzene ring substituents is 1. The first kappa shape index (κ1) is 12.4. The predicted molar refractivity (Wildman–Crippen MR) is 61.7 cm³/mol. The summed E-state index contributed by atoms with van der Waals surface area (Å²) in [5.74, 6) is 0.351. The second-order valence-electron chi connectivity index (χ2n) is 3.68. The summed E-state index contributed by atoms with van der Waals surface area (Å²) in [5.41, 5.74) is 7.00. The van der Waals surface area contributed by atoms with Gasteiger partial charge in [0, 0.05) is 6.07 Å². The second-order valence-corrected chi connectivity index (χ2v) is 3.68. The molecule has 0 aliphatic rings. The fourth-order valence-corrected chi connectivity index (χ4v) is 1.51. The quantitative estimate of drug-likeness (QED) is 0.471. The summed E-state index contributed by atoms with van der Waals surface area (Å²) in [7, 11) is 0. The topological polar surface area (TPSA) is 78.4 Å². The van der Waals surface area contributed by atoms with Gasteiger partial charge in [0.15, 0.2) is 5.75 Å². The number of ether oxygens (including phenoxy) is 1. The van der Waals surface area contributed by atoms with Gasteiger partial charge in [0.1, 0.15) is 0 Å². The molecule has 1 aromatic carbocycles. The Kier molecular flexibility index (Phi) is 4.25. The first-order valence-electron chi connectivity index (χ1n) is 5.14. The fourth-order valence-electron chi connectivity index (χ4n) is 1.51. The van der Waals surface area contributed by atoms with E-state index in [0.29, 0.717) is 25.3 Å². The van der Waals surface area contributed by atoms with Crippen molar-refractivity contribution in [2.24, 2.45) is 5.73 Å². The van der Waals surface area contributed by atoms with E-state index in [-0.39, 0.29) is 5.69 Å². The number of aryl methyl sites for hydroxylation is 2. The van der Waals surface area contributed by atoms with Crippen molar-refractivity contribution in [1.82, 2.24) is 0 Å². The van der Waals surface area contributed by atoms with E-state index in [1.807, 2.05) is 13.0 Å². The van der Waals surface area contributed by atoms with E-state index in [1.54, 1.807) is 6.92 Å². The zero-order chi connectivity index (χ0) is 12.1. The van der Waals surface area contributed by atoms with Crippen LogP contribution in [-0.4, -0.2) is 18.1 Å². The minimum atomic E-state index is -0.419. The van der Waals surface area contributed by atoms with Gasteiger partial charge in [0.25, 0.3) is 0 Å². The molecule has 0 amide bonds. The minimum Gasteiger partial charge on any atom is -0.487 e. The number of nitrogens with two attached hydrogens (primary N) is 1. The maximum absolute atomic E-state index is 10.9. The molecule has 1 aromatic rings. The Labute approximate surface area is 94.4 Å². The van der Waals surface area contributed by atoms with Crippen LogP contribution in [0.15, 0.2) is 12.1 Å². The molecule has 5 heteroatoms. The number of benzene rings is 1. The molecule has 0 unspecified atom stereocenters. The van der Waals surface area contributed by atoms with Gasteiger partial charge in [0.05, 0.1) is 11.5 Å². The third-order valence-electron chi connectivity index (χ3n) is 2.19. The van der Waals surface area contributed by atoms with Crippen LogP contribution in [0.3, 0.4) is 0 Å². The number of hydrogen-bond donors (Lipinski definition) is 1. The third kappa shape index (κ3) is 2.93. The van der Waals surface area contributed by atoms with Crippen molar-refractivity contribution in [3.05, 3.63) is 33.4 Å². The molecule has 1 rings (SSSR count). The van der Waals surface area contributed by atoms with E-state index in [4.69, 9.17) is 10.5 Å². The van der Waals surface area contributed by atoms with E-state index >= 15 is 0 Å². The number of rotatable bonds is 5. The van der Waals surface area contributed by atoms with Crippen LogP contribution in [0.4, 0.5) is 5.69 Å². The highest BCUT2D eigenvalue weighted by Crippen LogP contribution is 2.31. The van der Waals surface area contributed by atoms with E-state index in [0.717, 1.165) is 11.1 Å². The molecule has 2 N–H and O–H groups in total. The van der Waals surface area contributed by atoms with Crippen molar-refractivity contribution in [3.8, 4) is 5.75 Å². The number of hydrogen-bond acceptors (Lipinski definition) is 4. The summed E-state index contributed by atoms with van der Waals surface area (Å²) in [6, 6.07) is 3.38. The molecule has 0 aliphatic heterocycles. The van der Waals surface area contributed by atoms with Gasteiger partial charge in [-0.25, -0.2) is 0 Å². The van der Waals surface area contributed by atoms with Crippen molar-refractivity contribution in [1.29, 1.82) is 0 Å². The van der Waals surface area contributed by atoms with Gasteiger partial charge in [0.2, 0.25) is 0 Å². The summed E-state index contributed by atoms with van der Waals surface area (Å²) in [4.78, 5) is 10.4. The van der Waals surface area contributed by atoms with Crippen molar-refractivity contribution < 1.29 is 9.66 Å². The van der Waals surface area contributed by atoms with Crippen molar-refractivity contribution in [3.63, 3.8) is 0 Å². The smallest absolute Gasteiger partial charge is 0.311 e. The SMILES string of the molecule is Cc1cc(C)c(OCCCN)c([N+](=O)[O-])c1. The highest BCUT2D eigenvalue weighted by atomic mass is 16.6. The fraction of sp³-hybridized carbons (Fsp3) is 0.455. The summed E-state index contributed by atoms with van der Waals surface area (Å²) >= 11 is 0. The molecule has 5 nitrogen and oxygen atoms in total. The van der Waals surface area contributed by atoms with E-state index < -0.39 is 4.92 Å². The average Bonchev–Trinajstić information content (AvgIpc) is 2.20. The van der Waals surface area contributed by atoms with Gasteiger partial charge in [-0.15, -0.1) is 0 Å². The maximum Gasteiger partial charge on any atom is 0.311 e. The van der Waals surface area contributed by atoms with Crippen LogP contribution < -0.4 is 10.5 Å². The van der Waals surface area contributed by atoms with Crippen LogP contribution >= 0.6 is 0 Å². The molecule has 16 heavy (non-hydrogen) atoms. The second kappa shape index (κ2) is 5.46. The molecule has 0 spiro atoms. The van der Waals surface area contributed by atoms with Crippen LogP contribution in [0.1, 0.15) is 17.5 Å². The molecular weight excluding hydrogens is 208 g/mol. The average molecular weight is 224 g/mol. The van der Waals surface area contributed by atoms with Crippen LogP contribution in [0.25, 0.3) is 0 Å². The van der Waals surface area contributed by atoms with Crippen LogP contribution in [0.2, 0.25) is 0 Å². The van der Waals surface area contributed by atoms with Crippen LogP contribution in [-0.2, 0) is 0 Å². The Balaban J connectivity index is 2.99. The van der Waals surface area contributed by atoms with Gasteiger partial charge in [-0.2, -0.15) is 0 Å². The molecule has 0 heterocycles. The van der Waals surface area contributed by atoms with E-state index in [2.05, 4.69) is 0 Å². The monoisotopic (exact) mass is 224 g/mol. The van der Waals surface area contributed by atoms with E-state index in [9.17, 15) is 10.1 Å². The molecule has 0 atom stereocenters. The predicted octanol–water partition coefficient (Wildman–Crippen LogP) is 1.94. The standard InChI is InChI=1S/C11H16N2O3/c1-8-6-9(2)11(16-5-3-4-12)10(7-8)13(14)15/h6-7H,3-5,12H2,1-2H3. The minimum absolute atomic E-state index is 0.0227. The molecular formula is C11H16N2O3. The molecule has 0 fully saturated rings. The van der Waals surface area contributed by atoms with Gasteiger partial charge in [-0.05, 0) is 37.9 Å². The highest BCUT2D eigenvalue weighted by molar-refractivity contribution is 5.53. The van der Waals surface area contributed by atoms with Crippen molar-refractivity contribution in [2.45, 2.75) is 20.3 Å². The highest BCUT2D eigenvalue weighted by Gasteiger charge is 2.18. The van der Waals surface area contributed by atoms with Gasteiger partial charge < -0.3 is 10.5 Å². The first-order chi connectivity index (χ1) is 7.56. The first-order valence-corrected chi connectivity index (χ1v) is 5.14. The lowest BCUT2D eigenvalue weighted by atomic mass is 10.1. The summed E-state index contributed by atoms with van der Waals surface area (Å²) in [6.45, 7) is 4.54. The van der Waals surface area contributed by atoms with E-state index in [1.165, 1.54) is 6.07 Å². The Bertz CT molecular complexity index is 391. The Morgan fingerprint density at radius 2 is 2.12 bits per heavy atom. The Morgan fingerprint density at radius 3 is 2.69 bits per heavy atom. The molecule has 0 saturated heterocycles. The number of nitrogens with zero attached hydrogens (tertiary/aromatic N) is 1. The summed E-state index contributed by atoms with van der Waals surface area (Å²) in [5, 5.41) is 10.9. The third-order valence-corrected chi connectivity index (χ3v) is 2.19. The summed E-state index contributed by atoms with van der Waals surface area (Å²) in [6.07, 6.45) is 0.685. The zero-order valence-electron chi connectivity index (χ0n) is 9.53. The lowest BCUT2D eigenvalue weighted by Crippen LogP contribution is -2.08. The van der Waals surface area contributed by atoms with Crippen LogP contribution in [0, 0.1) is 24.0 Å². The number of nitro groups is 1. The molecule has 88 valence electrons. The van der Waals surface area contributed by atoms with Crippen molar-refractivity contribution in [2.75, 3.05) is 13.2 Å². The normalized spacial score (nSPS) is 10.2. The van der Waals surface area contributed by atoms with Gasteiger partial charge >= 0.3 is 5.69 Å². The molecule has 0 aliphatic carbocycles. The Morgan fingerprint density at radius 1 is 1.44 bits per heavy atom. The van der Waals surface area contributed by atoms with Crippen LogP contribution in [0.5, 0.6) is 5.75 Å².